The van der Waals surface area contributed by atoms with Crippen LogP contribution < -0.4 is 5.32 Å². The van der Waals surface area contributed by atoms with Crippen molar-refractivity contribution in [2.24, 2.45) is 0 Å². The van der Waals surface area contributed by atoms with Crippen LogP contribution in [0.15, 0.2) is 40.9 Å². The summed E-state index contributed by atoms with van der Waals surface area (Å²) in [5.74, 6) is 0.374. The van der Waals surface area contributed by atoms with E-state index in [9.17, 15) is 4.79 Å². The maximum Gasteiger partial charge on any atom is 0.412 e. The molecule has 2 aromatic carbocycles. The second kappa shape index (κ2) is 8.40. The number of nitrogens with zero attached hydrogens (tertiary/aromatic N) is 1. The highest BCUT2D eigenvalue weighted by Gasteiger charge is 2.22. The molecule has 0 bridgehead atoms. The zero-order valence-electron chi connectivity index (χ0n) is 13.9. The summed E-state index contributed by atoms with van der Waals surface area (Å²) in [5, 5.41) is 8.23. The predicted molar refractivity (Wildman–Crippen MR) is 107 cm³/mol. The monoisotopic (exact) mass is 444 g/mol. The standard InChI is InChI=1S/C18H12Cl4N2O3/c1-9-16(17(24-27-9)15-13(21)3-2-4-14(15)22)23-18(25)26-8-10-7-11(19)5-6-12(10)20/h2-7H,8H2,1H3,(H,23,25). The van der Waals surface area contributed by atoms with Gasteiger partial charge in [-0.1, -0.05) is 57.6 Å². The van der Waals surface area contributed by atoms with Gasteiger partial charge in [0.1, 0.15) is 18.0 Å². The Labute approximate surface area is 175 Å². The van der Waals surface area contributed by atoms with Crippen molar-refractivity contribution in [2.75, 3.05) is 5.32 Å². The fraction of sp³-hybridized carbons (Fsp3) is 0.111. The molecule has 0 saturated heterocycles. The predicted octanol–water partition coefficient (Wildman–Crippen LogP) is 7.01. The molecule has 0 fully saturated rings. The first-order chi connectivity index (χ1) is 12.9. The lowest BCUT2D eigenvalue weighted by molar-refractivity contribution is 0.155. The number of aryl methyl sites for hydroxylation is 1. The molecule has 5 nitrogen and oxygen atoms in total. The smallest absolute Gasteiger partial charge is 0.412 e. The largest absolute Gasteiger partial charge is 0.444 e. The maximum atomic E-state index is 12.2. The number of hydrogen-bond acceptors (Lipinski definition) is 4. The van der Waals surface area contributed by atoms with Gasteiger partial charge in [0.25, 0.3) is 0 Å². The molecular weight excluding hydrogens is 434 g/mol. The number of carbonyl (C=O) groups is 1. The quantitative estimate of drug-likeness (QED) is 0.468. The molecule has 0 aliphatic rings. The van der Waals surface area contributed by atoms with Gasteiger partial charge in [-0.15, -0.1) is 0 Å². The average molecular weight is 446 g/mol. The number of nitrogens with one attached hydrogen (secondary N) is 1. The third-order valence-corrected chi connectivity index (χ3v) is 4.89. The Balaban J connectivity index is 1.79. The first-order valence-electron chi connectivity index (χ1n) is 7.65. The lowest BCUT2D eigenvalue weighted by Crippen LogP contribution is -2.14. The minimum Gasteiger partial charge on any atom is -0.444 e. The van der Waals surface area contributed by atoms with Crippen molar-refractivity contribution in [3.8, 4) is 11.3 Å². The van der Waals surface area contributed by atoms with Gasteiger partial charge in [0, 0.05) is 21.2 Å². The number of carbonyl (C=O) groups excluding carboxylic acids is 1. The van der Waals surface area contributed by atoms with Crippen molar-refractivity contribution >= 4 is 58.2 Å². The van der Waals surface area contributed by atoms with E-state index in [-0.39, 0.29) is 6.61 Å². The summed E-state index contributed by atoms with van der Waals surface area (Å²) in [7, 11) is 0. The van der Waals surface area contributed by atoms with Gasteiger partial charge in [-0.2, -0.15) is 0 Å². The third-order valence-electron chi connectivity index (χ3n) is 3.66. The highest BCUT2D eigenvalue weighted by atomic mass is 35.5. The normalized spacial score (nSPS) is 10.7. The van der Waals surface area contributed by atoms with Crippen molar-refractivity contribution in [1.29, 1.82) is 0 Å². The van der Waals surface area contributed by atoms with E-state index in [2.05, 4.69) is 10.5 Å². The highest BCUT2D eigenvalue weighted by Crippen LogP contribution is 2.39. The van der Waals surface area contributed by atoms with E-state index in [4.69, 9.17) is 55.7 Å². The maximum absolute atomic E-state index is 12.2. The van der Waals surface area contributed by atoms with Crippen LogP contribution >= 0.6 is 46.4 Å². The Bertz CT molecular complexity index is 984. The van der Waals surface area contributed by atoms with Crippen LogP contribution in [-0.2, 0) is 11.3 Å². The van der Waals surface area contributed by atoms with Gasteiger partial charge in [-0.25, -0.2) is 4.79 Å². The SMILES string of the molecule is Cc1onc(-c2c(Cl)cccc2Cl)c1NC(=O)OCc1cc(Cl)ccc1Cl. The second-order valence-electron chi connectivity index (χ2n) is 5.50. The van der Waals surface area contributed by atoms with E-state index >= 15 is 0 Å². The van der Waals surface area contributed by atoms with Crippen molar-refractivity contribution in [3.63, 3.8) is 0 Å². The zero-order chi connectivity index (χ0) is 19.6. The molecule has 1 heterocycles. The molecule has 1 aromatic heterocycles. The summed E-state index contributed by atoms with van der Waals surface area (Å²) in [4.78, 5) is 12.2. The van der Waals surface area contributed by atoms with Crippen LogP contribution in [0.3, 0.4) is 0 Å². The lowest BCUT2D eigenvalue weighted by atomic mass is 10.1. The first-order valence-corrected chi connectivity index (χ1v) is 9.16. The molecule has 3 aromatic rings. The molecule has 0 aliphatic heterocycles. The third kappa shape index (κ3) is 4.50. The van der Waals surface area contributed by atoms with Crippen molar-refractivity contribution < 1.29 is 14.1 Å². The van der Waals surface area contributed by atoms with E-state index in [0.717, 1.165) is 0 Å². The summed E-state index contributed by atoms with van der Waals surface area (Å²) < 4.78 is 10.4. The van der Waals surface area contributed by atoms with Crippen LogP contribution in [0.1, 0.15) is 11.3 Å². The Morgan fingerprint density at radius 3 is 2.52 bits per heavy atom. The van der Waals surface area contributed by atoms with E-state index in [0.29, 0.717) is 48.4 Å². The minimum atomic E-state index is -0.721. The molecule has 3 rings (SSSR count). The van der Waals surface area contributed by atoms with E-state index in [1.807, 2.05) is 0 Å². The van der Waals surface area contributed by atoms with Gasteiger partial charge in [0.05, 0.1) is 10.0 Å². The van der Waals surface area contributed by atoms with Crippen molar-refractivity contribution in [1.82, 2.24) is 5.16 Å². The van der Waals surface area contributed by atoms with Gasteiger partial charge in [-0.05, 0) is 37.3 Å². The average Bonchev–Trinajstić information content (AvgIpc) is 2.96. The number of amides is 1. The molecule has 0 saturated carbocycles. The fourth-order valence-corrected chi connectivity index (χ4v) is 3.29. The lowest BCUT2D eigenvalue weighted by Gasteiger charge is -2.10. The van der Waals surface area contributed by atoms with Gasteiger partial charge in [0.15, 0.2) is 5.76 Å². The molecule has 0 aliphatic carbocycles. The topological polar surface area (TPSA) is 64.4 Å². The summed E-state index contributed by atoms with van der Waals surface area (Å²) in [6.07, 6.45) is -0.721. The highest BCUT2D eigenvalue weighted by molar-refractivity contribution is 6.39. The van der Waals surface area contributed by atoms with Gasteiger partial charge in [0.2, 0.25) is 0 Å². The zero-order valence-corrected chi connectivity index (χ0v) is 16.9. The number of ether oxygens (including phenoxy) is 1. The van der Waals surface area contributed by atoms with Crippen LogP contribution in [0.5, 0.6) is 0 Å². The Morgan fingerprint density at radius 2 is 1.81 bits per heavy atom. The summed E-state index contributed by atoms with van der Waals surface area (Å²) in [6.45, 7) is 1.59. The number of rotatable bonds is 4. The molecule has 0 radical (unpaired) electrons. The van der Waals surface area contributed by atoms with Crippen LogP contribution in [0.4, 0.5) is 10.5 Å². The van der Waals surface area contributed by atoms with E-state index < -0.39 is 6.09 Å². The number of halogens is 4. The molecule has 27 heavy (non-hydrogen) atoms. The van der Waals surface area contributed by atoms with Gasteiger partial charge >= 0.3 is 6.09 Å². The van der Waals surface area contributed by atoms with Crippen molar-refractivity contribution in [3.05, 3.63) is 67.8 Å². The Hall–Kier alpha value is -1.92. The van der Waals surface area contributed by atoms with Crippen LogP contribution in [0.25, 0.3) is 11.3 Å². The van der Waals surface area contributed by atoms with E-state index in [1.54, 1.807) is 43.3 Å². The van der Waals surface area contributed by atoms with Crippen LogP contribution in [0.2, 0.25) is 20.1 Å². The molecular formula is C18H12Cl4N2O3. The molecule has 0 spiro atoms. The van der Waals surface area contributed by atoms with Gasteiger partial charge < -0.3 is 9.26 Å². The number of anilines is 1. The van der Waals surface area contributed by atoms with Crippen LogP contribution in [0, 0.1) is 6.92 Å². The minimum absolute atomic E-state index is 0.0578. The number of hydrogen-bond donors (Lipinski definition) is 1. The number of benzene rings is 2. The molecule has 0 atom stereocenters. The first kappa shape index (κ1) is 19.8. The summed E-state index contributed by atoms with van der Waals surface area (Å²) in [5.41, 5.74) is 1.65. The number of aromatic nitrogens is 1. The molecule has 0 unspecified atom stereocenters. The molecule has 9 heteroatoms. The van der Waals surface area contributed by atoms with Gasteiger partial charge in [-0.3, -0.25) is 5.32 Å². The molecule has 1 N–H and O–H groups in total. The van der Waals surface area contributed by atoms with E-state index in [1.165, 1.54) is 0 Å². The molecule has 140 valence electrons. The Kier molecular flexibility index (Phi) is 6.17. The fourth-order valence-electron chi connectivity index (χ4n) is 2.35. The summed E-state index contributed by atoms with van der Waals surface area (Å²) >= 11 is 24.4. The van der Waals surface area contributed by atoms with Crippen molar-refractivity contribution in [2.45, 2.75) is 13.5 Å². The summed E-state index contributed by atoms with van der Waals surface area (Å²) in [6, 6.07) is 9.93. The second-order valence-corrected chi connectivity index (χ2v) is 7.15. The molecule has 1 amide bonds. The Morgan fingerprint density at radius 1 is 1.11 bits per heavy atom. The van der Waals surface area contributed by atoms with Crippen LogP contribution in [-0.4, -0.2) is 11.2 Å².